The largest absolute Gasteiger partial charge is 0.497 e. The minimum absolute atomic E-state index is 0.324. The number of hydrogen-bond acceptors (Lipinski definition) is 3. The fourth-order valence-corrected chi connectivity index (χ4v) is 2.49. The van der Waals surface area contributed by atoms with Crippen LogP contribution in [0.1, 0.15) is 10.4 Å². The van der Waals surface area contributed by atoms with Crippen LogP contribution in [-0.2, 0) is 0 Å². The van der Waals surface area contributed by atoms with Gasteiger partial charge in [0.25, 0.3) is 5.91 Å². The van der Waals surface area contributed by atoms with Gasteiger partial charge in [0, 0.05) is 4.47 Å². The van der Waals surface area contributed by atoms with Crippen LogP contribution >= 0.6 is 27.5 Å². The highest BCUT2D eigenvalue weighted by molar-refractivity contribution is 9.10. The zero-order chi connectivity index (χ0) is 15.4. The number of carbonyl (C=O) groups excluding carboxylic acids is 1. The molecule has 1 N–H and O–H groups in total. The van der Waals surface area contributed by atoms with Gasteiger partial charge in [0.1, 0.15) is 11.5 Å². The molecule has 0 aliphatic rings. The number of anilines is 1. The van der Waals surface area contributed by atoms with Crippen molar-refractivity contribution >= 4 is 39.1 Å². The molecule has 0 aliphatic carbocycles. The number of benzene rings is 2. The van der Waals surface area contributed by atoms with Gasteiger partial charge in [0.15, 0.2) is 0 Å². The Bertz CT molecular complexity index is 676. The highest BCUT2D eigenvalue weighted by Gasteiger charge is 2.15. The van der Waals surface area contributed by atoms with Crippen molar-refractivity contribution in [2.75, 3.05) is 19.5 Å². The van der Waals surface area contributed by atoms with Crippen LogP contribution in [0.25, 0.3) is 0 Å². The molecule has 0 aromatic heterocycles. The van der Waals surface area contributed by atoms with Gasteiger partial charge in [-0.2, -0.15) is 0 Å². The molecule has 0 spiro atoms. The molecule has 1 amide bonds. The van der Waals surface area contributed by atoms with E-state index in [4.69, 9.17) is 21.1 Å². The van der Waals surface area contributed by atoms with E-state index in [0.29, 0.717) is 27.8 Å². The Morgan fingerprint density at radius 1 is 1.14 bits per heavy atom. The second-order valence-corrected chi connectivity index (χ2v) is 5.47. The molecule has 0 fully saturated rings. The molecule has 2 aromatic carbocycles. The maximum Gasteiger partial charge on any atom is 0.259 e. The summed E-state index contributed by atoms with van der Waals surface area (Å²) in [7, 11) is 3.04. The van der Waals surface area contributed by atoms with Gasteiger partial charge in [-0.1, -0.05) is 27.5 Å². The van der Waals surface area contributed by atoms with E-state index in [1.54, 1.807) is 36.4 Å². The van der Waals surface area contributed by atoms with Crippen LogP contribution in [0.4, 0.5) is 5.69 Å². The first-order valence-electron chi connectivity index (χ1n) is 6.03. The number of rotatable bonds is 4. The van der Waals surface area contributed by atoms with Gasteiger partial charge in [-0.3, -0.25) is 4.79 Å². The molecule has 0 saturated heterocycles. The molecule has 0 radical (unpaired) electrons. The third-order valence-corrected chi connectivity index (χ3v) is 3.64. The average molecular weight is 371 g/mol. The van der Waals surface area contributed by atoms with Gasteiger partial charge < -0.3 is 14.8 Å². The number of halogens is 2. The van der Waals surface area contributed by atoms with Gasteiger partial charge in [0.2, 0.25) is 0 Å². The van der Waals surface area contributed by atoms with Crippen molar-refractivity contribution in [3.63, 3.8) is 0 Å². The molecule has 0 saturated carbocycles. The molecule has 0 bridgehead atoms. The first-order chi connectivity index (χ1) is 10.0. The average Bonchev–Trinajstić information content (AvgIpc) is 2.49. The molecule has 110 valence electrons. The summed E-state index contributed by atoms with van der Waals surface area (Å²) in [6.45, 7) is 0. The van der Waals surface area contributed by atoms with E-state index in [-0.39, 0.29) is 5.91 Å². The lowest BCUT2D eigenvalue weighted by molar-refractivity contribution is 0.102. The Morgan fingerprint density at radius 3 is 2.52 bits per heavy atom. The van der Waals surface area contributed by atoms with Crippen molar-refractivity contribution in [3.8, 4) is 11.5 Å². The molecule has 21 heavy (non-hydrogen) atoms. The normalized spacial score (nSPS) is 10.1. The second-order valence-electron chi connectivity index (χ2n) is 4.14. The van der Waals surface area contributed by atoms with Crippen LogP contribution in [0.3, 0.4) is 0 Å². The molecular formula is C15H13BrClNO3. The lowest BCUT2D eigenvalue weighted by atomic mass is 10.1. The van der Waals surface area contributed by atoms with Crippen molar-refractivity contribution < 1.29 is 14.3 Å². The van der Waals surface area contributed by atoms with Crippen LogP contribution in [0, 0.1) is 0 Å². The van der Waals surface area contributed by atoms with Gasteiger partial charge in [-0.15, -0.1) is 0 Å². The molecule has 2 aromatic rings. The molecule has 4 nitrogen and oxygen atoms in total. The Kier molecular flexibility index (Phi) is 5.09. The van der Waals surface area contributed by atoms with Crippen molar-refractivity contribution in [1.29, 1.82) is 0 Å². The van der Waals surface area contributed by atoms with Crippen molar-refractivity contribution in [1.82, 2.24) is 0 Å². The minimum Gasteiger partial charge on any atom is -0.497 e. The first kappa shape index (κ1) is 15.7. The summed E-state index contributed by atoms with van der Waals surface area (Å²) in [6.07, 6.45) is 0. The molecule has 0 unspecified atom stereocenters. The van der Waals surface area contributed by atoms with Crippen LogP contribution in [0.2, 0.25) is 5.02 Å². The molecule has 0 heterocycles. The summed E-state index contributed by atoms with van der Waals surface area (Å²) in [4.78, 5) is 12.4. The number of carbonyl (C=O) groups is 1. The summed E-state index contributed by atoms with van der Waals surface area (Å²) in [5.41, 5.74) is 0.894. The van der Waals surface area contributed by atoms with Crippen molar-refractivity contribution in [2.45, 2.75) is 0 Å². The van der Waals surface area contributed by atoms with E-state index in [2.05, 4.69) is 21.2 Å². The van der Waals surface area contributed by atoms with Crippen molar-refractivity contribution in [3.05, 3.63) is 51.5 Å². The Labute approximate surface area is 136 Å². The van der Waals surface area contributed by atoms with E-state index < -0.39 is 0 Å². The first-order valence-corrected chi connectivity index (χ1v) is 7.20. The highest BCUT2D eigenvalue weighted by atomic mass is 79.9. The number of amides is 1. The quantitative estimate of drug-likeness (QED) is 0.869. The molecule has 2 rings (SSSR count). The smallest absolute Gasteiger partial charge is 0.259 e. The highest BCUT2D eigenvalue weighted by Crippen LogP contribution is 2.28. The summed E-state index contributed by atoms with van der Waals surface area (Å²) >= 11 is 9.41. The van der Waals surface area contributed by atoms with Gasteiger partial charge >= 0.3 is 0 Å². The van der Waals surface area contributed by atoms with E-state index >= 15 is 0 Å². The van der Waals surface area contributed by atoms with Crippen LogP contribution in [0.5, 0.6) is 11.5 Å². The van der Waals surface area contributed by atoms with Crippen LogP contribution in [-0.4, -0.2) is 20.1 Å². The Hall–Kier alpha value is -1.72. The monoisotopic (exact) mass is 369 g/mol. The van der Waals surface area contributed by atoms with E-state index in [0.717, 1.165) is 4.47 Å². The second kappa shape index (κ2) is 6.83. The van der Waals surface area contributed by atoms with E-state index in [9.17, 15) is 4.79 Å². The summed E-state index contributed by atoms with van der Waals surface area (Å²) in [5, 5.41) is 3.20. The van der Waals surface area contributed by atoms with E-state index in [1.807, 2.05) is 0 Å². The van der Waals surface area contributed by atoms with Gasteiger partial charge in [0.05, 0.1) is 30.5 Å². The summed E-state index contributed by atoms with van der Waals surface area (Å²) in [5.74, 6) is 0.708. The molecule has 0 atom stereocenters. The Morgan fingerprint density at radius 2 is 1.90 bits per heavy atom. The number of ether oxygens (including phenoxy) is 2. The molecule has 6 heteroatoms. The maximum absolute atomic E-state index is 12.4. The zero-order valence-electron chi connectivity index (χ0n) is 11.4. The molecule has 0 aliphatic heterocycles. The fraction of sp³-hybridized carbons (Fsp3) is 0.133. The third-order valence-electron chi connectivity index (χ3n) is 2.83. The Balaban J connectivity index is 2.31. The third kappa shape index (κ3) is 3.68. The predicted octanol–water partition coefficient (Wildman–Crippen LogP) is 4.37. The SMILES string of the molecule is COc1ccc(OC)c(C(=O)Nc2ccc(Br)cc2Cl)c1. The van der Waals surface area contributed by atoms with Crippen LogP contribution in [0.15, 0.2) is 40.9 Å². The predicted molar refractivity (Wildman–Crippen MR) is 86.7 cm³/mol. The minimum atomic E-state index is -0.324. The lowest BCUT2D eigenvalue weighted by Gasteiger charge is -2.12. The van der Waals surface area contributed by atoms with Crippen LogP contribution < -0.4 is 14.8 Å². The van der Waals surface area contributed by atoms with Gasteiger partial charge in [-0.05, 0) is 36.4 Å². The number of methoxy groups -OCH3 is 2. The fourth-order valence-electron chi connectivity index (χ4n) is 1.77. The van der Waals surface area contributed by atoms with Crippen molar-refractivity contribution in [2.24, 2.45) is 0 Å². The summed E-state index contributed by atoms with van der Waals surface area (Å²) in [6, 6.07) is 10.2. The lowest BCUT2D eigenvalue weighted by Crippen LogP contribution is -2.13. The van der Waals surface area contributed by atoms with E-state index in [1.165, 1.54) is 14.2 Å². The van der Waals surface area contributed by atoms with Gasteiger partial charge in [-0.25, -0.2) is 0 Å². The molecular weight excluding hydrogens is 358 g/mol. The standard InChI is InChI=1S/C15H13BrClNO3/c1-20-10-4-6-14(21-2)11(8-10)15(19)18-13-5-3-9(16)7-12(13)17/h3-8H,1-2H3,(H,18,19). The number of hydrogen-bond donors (Lipinski definition) is 1. The maximum atomic E-state index is 12.4. The zero-order valence-corrected chi connectivity index (χ0v) is 13.8. The number of nitrogens with one attached hydrogen (secondary N) is 1. The topological polar surface area (TPSA) is 47.6 Å². The summed E-state index contributed by atoms with van der Waals surface area (Å²) < 4.78 is 11.2.